The quantitative estimate of drug-likeness (QED) is 0.404. The van der Waals surface area contributed by atoms with Crippen LogP contribution in [-0.4, -0.2) is 55.6 Å². The number of benzene rings is 1. The third-order valence-electron chi connectivity index (χ3n) is 4.75. The maximum atomic E-state index is 13.6. The minimum Gasteiger partial charge on any atom is -0.418 e. The SMILES string of the molecule is CCN1C=C([C-]2Sc3ccccc3N2CC)S(=O)C1=C1SC(=S)N(CCO)C1=O. The van der Waals surface area contributed by atoms with E-state index in [9.17, 15) is 14.1 Å². The number of hydrogen-bond acceptors (Lipinski definition) is 8. The number of thiocarbonyl (C=S) groups is 1. The van der Waals surface area contributed by atoms with E-state index in [-0.39, 0.29) is 19.1 Å². The largest absolute Gasteiger partial charge is 0.418 e. The molecule has 0 spiro atoms. The molecular weight excluding hydrogens is 446 g/mol. The number of amides is 1. The molecule has 1 saturated heterocycles. The highest BCUT2D eigenvalue weighted by Crippen LogP contribution is 2.53. The summed E-state index contributed by atoms with van der Waals surface area (Å²) in [6.45, 7) is 5.35. The lowest BCUT2D eigenvalue weighted by atomic mass is 10.3. The van der Waals surface area contributed by atoms with Crippen molar-refractivity contribution < 1.29 is 14.1 Å². The van der Waals surface area contributed by atoms with E-state index in [2.05, 4.69) is 24.0 Å². The van der Waals surface area contributed by atoms with E-state index in [1.54, 1.807) is 11.8 Å². The molecule has 1 unspecified atom stereocenters. The van der Waals surface area contributed by atoms with Gasteiger partial charge in [-0.2, -0.15) is 11.8 Å². The first-order valence-electron chi connectivity index (χ1n) is 9.22. The molecule has 3 heterocycles. The molecule has 1 N–H and O–H groups in total. The van der Waals surface area contributed by atoms with Crippen LogP contribution in [0.2, 0.25) is 0 Å². The summed E-state index contributed by atoms with van der Waals surface area (Å²) in [5.74, 6) is -0.287. The van der Waals surface area contributed by atoms with Gasteiger partial charge in [0.25, 0.3) is 5.91 Å². The summed E-state index contributed by atoms with van der Waals surface area (Å²) in [4.78, 5) is 20.5. The molecule has 0 saturated carbocycles. The molecule has 0 radical (unpaired) electrons. The number of para-hydroxylation sites is 1. The number of aliphatic hydroxyl groups is 1. The maximum absolute atomic E-state index is 13.6. The minimum absolute atomic E-state index is 0.145. The van der Waals surface area contributed by atoms with E-state index >= 15 is 0 Å². The van der Waals surface area contributed by atoms with Gasteiger partial charge in [0, 0.05) is 23.7 Å². The van der Waals surface area contributed by atoms with Crippen LogP contribution < -0.4 is 4.90 Å². The Bertz CT molecular complexity index is 962. The second-order valence-electron chi connectivity index (χ2n) is 6.35. The fraction of sp³-hybridized carbons (Fsp3) is 0.316. The van der Waals surface area contributed by atoms with Crippen molar-refractivity contribution in [2.45, 2.75) is 18.7 Å². The normalized spacial score (nSPS) is 24.1. The smallest absolute Gasteiger partial charge is 0.268 e. The molecule has 4 rings (SSSR count). The lowest BCUT2D eigenvalue weighted by molar-refractivity contribution is -0.122. The zero-order valence-corrected chi connectivity index (χ0v) is 19.2. The number of nitrogens with zero attached hydrogens (tertiary/aromatic N) is 3. The van der Waals surface area contributed by atoms with Crippen LogP contribution in [0.4, 0.5) is 5.69 Å². The van der Waals surface area contributed by atoms with E-state index in [1.165, 1.54) is 4.90 Å². The van der Waals surface area contributed by atoms with Gasteiger partial charge >= 0.3 is 0 Å². The zero-order valence-electron chi connectivity index (χ0n) is 16.0. The molecule has 10 heteroatoms. The molecular formula is C19H20N3O3S4-. The number of carbonyl (C=O) groups is 1. The van der Waals surface area contributed by atoms with Gasteiger partial charge in [-0.25, -0.2) is 0 Å². The Kier molecular flexibility index (Phi) is 5.99. The van der Waals surface area contributed by atoms with Crippen LogP contribution in [0.15, 0.2) is 50.2 Å². The Labute approximate surface area is 186 Å². The molecule has 0 aliphatic carbocycles. The Morgan fingerprint density at radius 2 is 2.00 bits per heavy atom. The molecule has 3 aliphatic rings. The Morgan fingerprint density at radius 3 is 2.69 bits per heavy atom. The van der Waals surface area contributed by atoms with Crippen LogP contribution in [0.5, 0.6) is 0 Å². The molecule has 3 aliphatic heterocycles. The lowest BCUT2D eigenvalue weighted by Crippen LogP contribution is -2.31. The summed E-state index contributed by atoms with van der Waals surface area (Å²) in [5, 5.41) is 10.6. The van der Waals surface area contributed by atoms with Crippen molar-refractivity contribution in [2.75, 3.05) is 31.1 Å². The number of anilines is 1. The van der Waals surface area contributed by atoms with Gasteiger partial charge in [-0.15, -0.1) is 6.20 Å². The van der Waals surface area contributed by atoms with Gasteiger partial charge in [-0.05, 0) is 26.0 Å². The fourth-order valence-electron chi connectivity index (χ4n) is 3.39. The highest BCUT2D eigenvalue weighted by molar-refractivity contribution is 8.27. The van der Waals surface area contributed by atoms with Gasteiger partial charge in [-0.3, -0.25) is 13.9 Å². The first kappa shape index (κ1) is 20.8. The average molecular weight is 467 g/mol. The van der Waals surface area contributed by atoms with Crippen molar-refractivity contribution in [1.29, 1.82) is 0 Å². The number of β-amino-alcohol motifs (C(OH)–C–C–N with tert-alkyl or cyclic N) is 1. The van der Waals surface area contributed by atoms with Crippen LogP contribution in [-0.2, 0) is 15.6 Å². The third-order valence-corrected chi connectivity index (χ3v) is 9.13. The monoisotopic (exact) mass is 466 g/mol. The summed E-state index contributed by atoms with van der Waals surface area (Å²) in [6, 6.07) is 8.13. The number of carbonyl (C=O) groups excluding carboxylic acids is 1. The summed E-state index contributed by atoms with van der Waals surface area (Å²) >= 11 is 8.07. The fourth-order valence-corrected chi connectivity index (χ4v) is 7.86. The lowest BCUT2D eigenvalue weighted by Gasteiger charge is -2.33. The number of thioether (sulfide) groups is 2. The standard InChI is InChI=1S/C19H20N3O3S4/c1-3-20-11-14(17-21(4-2)12-7-5-6-8-13(12)27-17)29(25)18(20)15-16(24)22(9-10-23)19(26)28-15/h5-8,11,23H,3-4,9-10H2,1-2H3/q-1. The van der Waals surface area contributed by atoms with Gasteiger partial charge in [-0.1, -0.05) is 46.4 Å². The molecule has 1 aromatic carbocycles. The molecule has 154 valence electrons. The summed E-state index contributed by atoms with van der Waals surface area (Å²) in [7, 11) is -1.50. The predicted molar refractivity (Wildman–Crippen MR) is 123 cm³/mol. The minimum atomic E-state index is -1.50. The van der Waals surface area contributed by atoms with Crippen LogP contribution in [0.1, 0.15) is 13.8 Å². The number of likely N-dealkylation sites (N-methyl/N-ethyl adjacent to an activating group) is 1. The summed E-state index contributed by atoms with van der Waals surface area (Å²) in [5.41, 5.74) is 1.11. The first-order valence-corrected chi connectivity index (χ1v) is 12.4. The van der Waals surface area contributed by atoms with E-state index in [0.29, 0.717) is 25.7 Å². The molecule has 0 aromatic heterocycles. The molecule has 0 bridgehead atoms. The number of rotatable bonds is 5. The predicted octanol–water partition coefficient (Wildman–Crippen LogP) is 3.06. The summed E-state index contributed by atoms with van der Waals surface area (Å²) < 4.78 is 14.0. The van der Waals surface area contributed by atoms with Gasteiger partial charge < -0.3 is 14.9 Å². The molecule has 29 heavy (non-hydrogen) atoms. The molecule has 1 amide bonds. The molecule has 6 nitrogen and oxygen atoms in total. The highest BCUT2D eigenvalue weighted by Gasteiger charge is 2.39. The second kappa shape index (κ2) is 8.35. The average Bonchev–Trinajstić information content (AvgIpc) is 3.34. The highest BCUT2D eigenvalue weighted by atomic mass is 32.2. The van der Waals surface area contributed by atoms with Gasteiger partial charge in [0.2, 0.25) is 0 Å². The topological polar surface area (TPSA) is 64.1 Å². The maximum Gasteiger partial charge on any atom is 0.268 e. The van der Waals surface area contributed by atoms with Gasteiger partial charge in [0.1, 0.15) is 14.3 Å². The van der Waals surface area contributed by atoms with Crippen molar-refractivity contribution in [1.82, 2.24) is 9.80 Å². The van der Waals surface area contributed by atoms with Crippen LogP contribution >= 0.6 is 35.7 Å². The third kappa shape index (κ3) is 3.40. The summed E-state index contributed by atoms with van der Waals surface area (Å²) in [6.07, 6.45) is 1.89. The number of hydrogen-bond donors (Lipinski definition) is 1. The van der Waals surface area contributed by atoms with Crippen LogP contribution in [0.3, 0.4) is 0 Å². The van der Waals surface area contributed by atoms with Crippen molar-refractivity contribution in [3.63, 3.8) is 0 Å². The van der Waals surface area contributed by atoms with Crippen LogP contribution in [0.25, 0.3) is 0 Å². The van der Waals surface area contributed by atoms with Crippen molar-refractivity contribution >= 4 is 62.5 Å². The zero-order chi connectivity index (χ0) is 20.7. The second-order valence-corrected chi connectivity index (χ2v) is 10.4. The van der Waals surface area contributed by atoms with E-state index in [4.69, 9.17) is 12.2 Å². The van der Waals surface area contributed by atoms with Gasteiger partial charge in [0.15, 0.2) is 0 Å². The van der Waals surface area contributed by atoms with Crippen molar-refractivity contribution in [3.05, 3.63) is 50.7 Å². The molecule has 1 aromatic rings. The van der Waals surface area contributed by atoms with E-state index in [0.717, 1.165) is 34.3 Å². The van der Waals surface area contributed by atoms with Crippen molar-refractivity contribution in [2.24, 2.45) is 0 Å². The molecule has 1 atom stereocenters. The Balaban J connectivity index is 1.70. The Hall–Kier alpha value is -1.46. The first-order chi connectivity index (χ1) is 14.0. The number of fused-ring (bicyclic) bond motifs is 1. The van der Waals surface area contributed by atoms with Gasteiger partial charge in [0.05, 0.1) is 24.0 Å². The van der Waals surface area contributed by atoms with E-state index < -0.39 is 10.8 Å². The van der Waals surface area contributed by atoms with Crippen LogP contribution in [0, 0.1) is 5.37 Å². The number of aliphatic hydroxyl groups excluding tert-OH is 1. The molecule has 1 fully saturated rings. The Morgan fingerprint density at radius 1 is 1.24 bits per heavy atom. The van der Waals surface area contributed by atoms with Crippen molar-refractivity contribution in [3.8, 4) is 0 Å². The van der Waals surface area contributed by atoms with E-state index in [1.807, 2.05) is 30.2 Å².